The second kappa shape index (κ2) is 12.2. The third-order valence-corrected chi connectivity index (χ3v) is 8.35. The fourth-order valence-electron chi connectivity index (χ4n) is 6.13. The van der Waals surface area contributed by atoms with Crippen molar-refractivity contribution in [1.82, 2.24) is 14.4 Å². The largest absolute Gasteiger partial charge is 0.492 e. The number of nitrogens with zero attached hydrogens (tertiary/aromatic N) is 4. The van der Waals surface area contributed by atoms with Crippen LogP contribution in [0.25, 0.3) is 11.1 Å². The number of hydrogen-bond acceptors (Lipinski definition) is 5. The van der Waals surface area contributed by atoms with Crippen LogP contribution in [0.2, 0.25) is 0 Å². The second-order valence-electron chi connectivity index (χ2n) is 10.8. The first-order valence-electron chi connectivity index (χ1n) is 14.5. The Balaban J connectivity index is 1.35. The van der Waals surface area contributed by atoms with Gasteiger partial charge in [-0.15, -0.1) is 6.58 Å². The minimum absolute atomic E-state index is 0.0182. The normalized spacial score (nSPS) is 14.8. The Hall–Kier alpha value is -4.82. The molecule has 1 saturated heterocycles. The molecule has 3 heterocycles. The molecular formula is C35H36N4O4. The molecule has 1 aromatic heterocycles. The van der Waals surface area contributed by atoms with Gasteiger partial charge in [-0.2, -0.15) is 0 Å². The first-order valence-corrected chi connectivity index (χ1v) is 14.5. The number of para-hydroxylation sites is 1. The van der Waals surface area contributed by atoms with Gasteiger partial charge < -0.3 is 23.8 Å². The molecule has 0 radical (unpaired) electrons. The number of methoxy groups -OCH3 is 2. The lowest BCUT2D eigenvalue weighted by molar-refractivity contribution is 0.0639. The van der Waals surface area contributed by atoms with Crippen LogP contribution in [0.5, 0.6) is 11.5 Å². The van der Waals surface area contributed by atoms with Crippen LogP contribution >= 0.6 is 0 Å². The molecule has 4 aromatic rings. The number of ether oxygens (including phenoxy) is 2. The number of carbonyl (C=O) groups is 2. The molecule has 6 rings (SSSR count). The van der Waals surface area contributed by atoms with E-state index in [0.717, 1.165) is 47.7 Å². The third kappa shape index (κ3) is 5.30. The molecule has 0 saturated carbocycles. The number of anilines is 1. The van der Waals surface area contributed by atoms with E-state index < -0.39 is 0 Å². The van der Waals surface area contributed by atoms with Crippen LogP contribution in [0, 0.1) is 0 Å². The van der Waals surface area contributed by atoms with Gasteiger partial charge in [0.1, 0.15) is 5.69 Å². The van der Waals surface area contributed by atoms with E-state index >= 15 is 0 Å². The Morgan fingerprint density at radius 1 is 0.791 bits per heavy atom. The zero-order valence-electron chi connectivity index (χ0n) is 24.7. The van der Waals surface area contributed by atoms with Gasteiger partial charge in [-0.05, 0) is 41.5 Å². The maximum absolute atomic E-state index is 14.4. The van der Waals surface area contributed by atoms with Crippen LogP contribution in [0.3, 0.4) is 0 Å². The van der Waals surface area contributed by atoms with Crippen LogP contribution in [0.4, 0.5) is 5.69 Å². The predicted octanol–water partition coefficient (Wildman–Crippen LogP) is 5.32. The van der Waals surface area contributed by atoms with E-state index in [4.69, 9.17) is 9.47 Å². The quantitative estimate of drug-likeness (QED) is 0.279. The van der Waals surface area contributed by atoms with Gasteiger partial charge in [0.15, 0.2) is 11.5 Å². The number of carbonyl (C=O) groups excluding carboxylic acids is 2. The van der Waals surface area contributed by atoms with E-state index in [2.05, 4.69) is 16.0 Å². The predicted molar refractivity (Wildman–Crippen MR) is 168 cm³/mol. The van der Waals surface area contributed by atoms with E-state index in [1.807, 2.05) is 83.8 Å². The number of aromatic nitrogens is 1. The molecule has 3 aromatic carbocycles. The van der Waals surface area contributed by atoms with Crippen LogP contribution in [-0.4, -0.2) is 73.1 Å². The van der Waals surface area contributed by atoms with Crippen LogP contribution in [-0.2, 0) is 13.1 Å². The van der Waals surface area contributed by atoms with E-state index in [9.17, 15) is 9.59 Å². The van der Waals surface area contributed by atoms with Gasteiger partial charge in [-0.3, -0.25) is 14.5 Å². The van der Waals surface area contributed by atoms with E-state index in [-0.39, 0.29) is 11.8 Å². The molecule has 0 unspecified atom stereocenters. The summed E-state index contributed by atoms with van der Waals surface area (Å²) in [5, 5.41) is 0. The van der Waals surface area contributed by atoms with Crippen molar-refractivity contribution >= 4 is 17.5 Å². The average molecular weight is 577 g/mol. The minimum atomic E-state index is -0.205. The number of rotatable bonds is 7. The van der Waals surface area contributed by atoms with Crippen molar-refractivity contribution < 1.29 is 19.1 Å². The number of benzene rings is 3. The first kappa shape index (κ1) is 28.3. The summed E-state index contributed by atoms with van der Waals surface area (Å²) in [6.45, 7) is 8.46. The van der Waals surface area contributed by atoms with Gasteiger partial charge >= 0.3 is 0 Å². The van der Waals surface area contributed by atoms with Crippen molar-refractivity contribution in [3.8, 4) is 22.6 Å². The fourth-order valence-corrected chi connectivity index (χ4v) is 6.13. The number of amides is 2. The molecule has 0 spiro atoms. The summed E-state index contributed by atoms with van der Waals surface area (Å²) >= 11 is 0. The lowest BCUT2D eigenvalue weighted by Gasteiger charge is -2.34. The molecule has 0 bridgehead atoms. The monoisotopic (exact) mass is 576 g/mol. The Labute approximate surface area is 252 Å². The molecule has 2 amide bonds. The molecule has 8 heteroatoms. The standard InChI is InChI=1S/C35H36N4O4/c1-4-18-36-19-21-37(22-20-36)35(41)31-17-14-27-24-39(30-13-9-8-12-26(30)23-38(27)31)34(40)29-16-15-28(25-10-6-5-7-11-25)32(42-2)33(29)43-3/h4-17H,1,18-24H2,2-3H3. The Bertz CT molecular complexity index is 1650. The van der Waals surface area contributed by atoms with Crippen molar-refractivity contribution in [2.24, 2.45) is 0 Å². The molecule has 43 heavy (non-hydrogen) atoms. The third-order valence-electron chi connectivity index (χ3n) is 8.35. The molecule has 2 aliphatic heterocycles. The van der Waals surface area contributed by atoms with Crippen molar-refractivity contribution in [2.75, 3.05) is 51.8 Å². The highest BCUT2D eigenvalue weighted by molar-refractivity contribution is 6.09. The number of fused-ring (bicyclic) bond motifs is 2. The average Bonchev–Trinajstić information content (AvgIpc) is 3.37. The van der Waals surface area contributed by atoms with Gasteiger partial charge in [-0.1, -0.05) is 54.6 Å². The number of hydrogen-bond donors (Lipinski definition) is 0. The van der Waals surface area contributed by atoms with Gasteiger partial charge in [0.05, 0.1) is 32.9 Å². The summed E-state index contributed by atoms with van der Waals surface area (Å²) in [5.74, 6) is 0.706. The Kier molecular flexibility index (Phi) is 8.03. The van der Waals surface area contributed by atoms with Gasteiger partial charge in [0, 0.05) is 49.7 Å². The zero-order valence-corrected chi connectivity index (χ0v) is 24.7. The zero-order chi connectivity index (χ0) is 29.9. The summed E-state index contributed by atoms with van der Waals surface area (Å²) in [5.41, 5.74) is 5.52. The lowest BCUT2D eigenvalue weighted by Crippen LogP contribution is -2.49. The fraction of sp³-hybridized carbons (Fsp3) is 0.257. The SMILES string of the molecule is C=CCN1CCN(C(=O)c2ccc3n2Cc2ccccc2N(C(=O)c2ccc(-c4ccccc4)c(OC)c2OC)C3)CC1. The molecule has 220 valence electrons. The Morgan fingerprint density at radius 3 is 2.23 bits per heavy atom. The van der Waals surface area contributed by atoms with E-state index in [0.29, 0.717) is 48.9 Å². The van der Waals surface area contributed by atoms with Crippen molar-refractivity contribution in [3.05, 3.63) is 114 Å². The van der Waals surface area contributed by atoms with Crippen LogP contribution in [0.15, 0.2) is 91.5 Å². The first-order chi connectivity index (χ1) is 21.0. The summed E-state index contributed by atoms with van der Waals surface area (Å²) in [6.07, 6.45) is 1.90. The smallest absolute Gasteiger partial charge is 0.270 e. The lowest BCUT2D eigenvalue weighted by atomic mass is 10.0. The van der Waals surface area contributed by atoms with E-state index in [1.54, 1.807) is 25.2 Å². The summed E-state index contributed by atoms with van der Waals surface area (Å²) < 4.78 is 13.7. The Morgan fingerprint density at radius 2 is 1.51 bits per heavy atom. The number of piperazine rings is 1. The maximum Gasteiger partial charge on any atom is 0.270 e. The molecule has 0 N–H and O–H groups in total. The van der Waals surface area contributed by atoms with Gasteiger partial charge in [-0.25, -0.2) is 0 Å². The summed E-state index contributed by atoms with van der Waals surface area (Å²) in [7, 11) is 3.14. The summed E-state index contributed by atoms with van der Waals surface area (Å²) in [6, 6.07) is 25.3. The second-order valence-corrected chi connectivity index (χ2v) is 10.8. The molecule has 0 atom stereocenters. The maximum atomic E-state index is 14.4. The molecule has 8 nitrogen and oxygen atoms in total. The topological polar surface area (TPSA) is 67.2 Å². The highest BCUT2D eigenvalue weighted by atomic mass is 16.5. The highest BCUT2D eigenvalue weighted by Gasteiger charge is 2.32. The molecule has 2 aliphatic rings. The van der Waals surface area contributed by atoms with Crippen LogP contribution in [0.1, 0.15) is 32.1 Å². The van der Waals surface area contributed by atoms with Gasteiger partial charge in [0.2, 0.25) is 0 Å². The molecule has 1 fully saturated rings. The van der Waals surface area contributed by atoms with Crippen molar-refractivity contribution in [3.63, 3.8) is 0 Å². The van der Waals surface area contributed by atoms with Gasteiger partial charge in [0.25, 0.3) is 11.8 Å². The van der Waals surface area contributed by atoms with E-state index in [1.165, 1.54) is 0 Å². The highest BCUT2D eigenvalue weighted by Crippen LogP contribution is 2.42. The summed E-state index contributed by atoms with van der Waals surface area (Å²) in [4.78, 5) is 34.1. The van der Waals surface area contributed by atoms with Crippen LogP contribution < -0.4 is 14.4 Å². The van der Waals surface area contributed by atoms with Crippen molar-refractivity contribution in [1.29, 1.82) is 0 Å². The molecule has 0 aliphatic carbocycles. The minimum Gasteiger partial charge on any atom is -0.492 e. The molecular weight excluding hydrogens is 540 g/mol. The van der Waals surface area contributed by atoms with Crippen molar-refractivity contribution in [2.45, 2.75) is 13.1 Å².